The number of esters is 1. The molecule has 0 unspecified atom stereocenters. The van der Waals surface area contributed by atoms with Crippen LogP contribution < -0.4 is 24.4 Å². The molecule has 0 radical (unpaired) electrons. The highest BCUT2D eigenvalue weighted by atomic mass is 16.8. The van der Waals surface area contributed by atoms with Gasteiger partial charge in [-0.15, -0.1) is 0 Å². The number of phenolic OH excluding ortho intramolecular Hbond substituents is 3. The molecule has 3 saturated heterocycles. The third kappa shape index (κ3) is 10.7. The van der Waals surface area contributed by atoms with Crippen molar-refractivity contribution in [3.8, 4) is 51.6 Å². The molecule has 24 nitrogen and oxygen atoms in total. The molecule has 3 aliphatic heterocycles. The van der Waals surface area contributed by atoms with E-state index in [1.165, 1.54) is 76.8 Å². The number of phenols is 3. The van der Waals surface area contributed by atoms with Crippen molar-refractivity contribution in [2.24, 2.45) is 0 Å². The minimum Gasteiger partial charge on any atom is -0.508 e. The quantitative estimate of drug-likeness (QED) is 0.0488. The molecule has 11 N–H and O–H groups in total. The largest absolute Gasteiger partial charge is 0.508 e. The number of carbonyl (C=O) groups is 1. The number of carbonyl (C=O) groups excluding carboxylic acids is 1. The number of aliphatic hydroxyl groups is 8. The Hall–Kier alpha value is -5.84. The van der Waals surface area contributed by atoms with E-state index in [4.69, 9.17) is 51.8 Å². The number of fused-ring (bicyclic) bond motifs is 1. The number of hydrogen-bond donors (Lipinski definition) is 11. The Bertz CT molecular complexity index is 2490. The lowest BCUT2D eigenvalue weighted by Gasteiger charge is -2.46. The number of aliphatic hydroxyl groups excluding tert-OH is 8. The van der Waals surface area contributed by atoms with E-state index in [0.717, 1.165) is 12.1 Å². The maximum atomic E-state index is 14.4. The molecule has 0 saturated carbocycles. The van der Waals surface area contributed by atoms with Crippen molar-refractivity contribution < 1.29 is 113 Å². The third-order valence-electron chi connectivity index (χ3n) is 11.6. The van der Waals surface area contributed by atoms with Crippen LogP contribution in [0.1, 0.15) is 12.5 Å². The van der Waals surface area contributed by atoms with E-state index in [2.05, 4.69) is 0 Å². The smallest absolute Gasteiger partial charge is 0.330 e. The second-order valence-corrected chi connectivity index (χ2v) is 16.2. The number of benzene rings is 3. The Morgan fingerprint density at radius 3 is 1.94 bits per heavy atom. The highest BCUT2D eigenvalue weighted by molar-refractivity contribution is 5.89. The summed E-state index contributed by atoms with van der Waals surface area (Å²) in [5.41, 5.74) is -0.743. The summed E-state index contributed by atoms with van der Waals surface area (Å²) in [5.74, 6) is -2.89. The zero-order valence-corrected chi connectivity index (χ0v) is 37.1. The van der Waals surface area contributed by atoms with Crippen LogP contribution in [0.2, 0.25) is 0 Å². The first-order valence-corrected chi connectivity index (χ1v) is 21.2. The molecule has 69 heavy (non-hydrogen) atoms. The molecule has 376 valence electrons. The van der Waals surface area contributed by atoms with E-state index >= 15 is 0 Å². The molecular formula is C45H52O24. The molecule has 1 aromatic heterocycles. The molecule has 0 aliphatic carbocycles. The van der Waals surface area contributed by atoms with Crippen molar-refractivity contribution >= 4 is 23.0 Å². The van der Waals surface area contributed by atoms with Crippen LogP contribution in [0.15, 0.2) is 63.8 Å². The van der Waals surface area contributed by atoms with Gasteiger partial charge in [0.2, 0.25) is 23.2 Å². The summed E-state index contributed by atoms with van der Waals surface area (Å²) in [6.45, 7) is -0.0995. The fraction of sp³-hybridized carbons (Fsp3) is 0.467. The Kier molecular flexibility index (Phi) is 15.8. The van der Waals surface area contributed by atoms with Crippen molar-refractivity contribution in [1.29, 1.82) is 0 Å². The van der Waals surface area contributed by atoms with E-state index < -0.39 is 134 Å². The monoisotopic (exact) mass is 976 g/mol. The summed E-state index contributed by atoms with van der Waals surface area (Å²) in [6.07, 6.45) is -25.0. The van der Waals surface area contributed by atoms with Crippen LogP contribution in [0.4, 0.5) is 0 Å². The predicted molar refractivity (Wildman–Crippen MR) is 230 cm³/mol. The van der Waals surface area contributed by atoms with Gasteiger partial charge in [-0.05, 0) is 55.0 Å². The Labute approximate surface area is 390 Å². The highest BCUT2D eigenvalue weighted by Gasteiger charge is 2.53. The van der Waals surface area contributed by atoms with Gasteiger partial charge in [0.1, 0.15) is 95.9 Å². The second-order valence-electron chi connectivity index (χ2n) is 16.2. The van der Waals surface area contributed by atoms with Gasteiger partial charge in [0, 0.05) is 23.8 Å². The molecule has 4 heterocycles. The van der Waals surface area contributed by atoms with Crippen LogP contribution in [0.5, 0.6) is 40.2 Å². The van der Waals surface area contributed by atoms with E-state index in [1.54, 1.807) is 0 Å². The second kappa shape index (κ2) is 21.4. The van der Waals surface area contributed by atoms with Crippen molar-refractivity contribution in [1.82, 2.24) is 0 Å². The summed E-state index contributed by atoms with van der Waals surface area (Å²) in [6, 6.07) is 10.4. The summed E-state index contributed by atoms with van der Waals surface area (Å²) in [5, 5.41) is 118. The third-order valence-corrected chi connectivity index (χ3v) is 11.6. The lowest BCUT2D eigenvalue weighted by molar-refractivity contribution is -0.362. The van der Waals surface area contributed by atoms with E-state index in [0.29, 0.717) is 5.56 Å². The molecule has 3 fully saturated rings. The van der Waals surface area contributed by atoms with E-state index in [-0.39, 0.29) is 45.7 Å². The Morgan fingerprint density at radius 2 is 1.29 bits per heavy atom. The molecule has 7 rings (SSSR count). The zero-order chi connectivity index (χ0) is 50.0. The first-order chi connectivity index (χ1) is 32.8. The van der Waals surface area contributed by atoms with Crippen molar-refractivity contribution in [2.45, 2.75) is 99.0 Å². The van der Waals surface area contributed by atoms with Gasteiger partial charge in [-0.2, -0.15) is 0 Å². The summed E-state index contributed by atoms with van der Waals surface area (Å²) in [7, 11) is 3.92. The fourth-order valence-electron chi connectivity index (χ4n) is 7.73. The number of rotatable bonds is 15. The maximum absolute atomic E-state index is 14.4. The molecule has 24 heteroatoms. The number of methoxy groups -OCH3 is 3. The normalized spacial score (nSPS) is 31.6. The van der Waals surface area contributed by atoms with Gasteiger partial charge in [0.25, 0.3) is 0 Å². The Morgan fingerprint density at radius 1 is 0.681 bits per heavy atom. The lowest BCUT2D eigenvalue weighted by Crippen LogP contribution is -2.65. The van der Waals surface area contributed by atoms with Gasteiger partial charge in [-0.3, -0.25) is 4.79 Å². The Balaban J connectivity index is 1.19. The first-order valence-electron chi connectivity index (χ1n) is 21.2. The van der Waals surface area contributed by atoms with Crippen molar-refractivity contribution in [2.75, 3.05) is 34.5 Å². The number of aromatic hydroxyl groups is 3. The minimum atomic E-state index is -2.14. The van der Waals surface area contributed by atoms with Crippen LogP contribution in [-0.2, 0) is 33.2 Å². The van der Waals surface area contributed by atoms with Crippen LogP contribution >= 0.6 is 0 Å². The standard InChI is InChI=1S/C45H52O24/c1-17-30(49)35(54)38(57)43(64-17)63-16-27-33(52)37(56)42(45(67-27)68-41-34(53)29-22(47)13-21(59-2)14-23(29)65-40(41)19-6-8-20(46)9-7-19)69-44-39(58)36(55)32(51)26(66-44)15-62-28(48)10-5-18-11-24(60-3)31(50)25(12-18)61-4/h5-14,17,26-27,30,32-33,35-39,42-47,49-52,54-58H,15-16H2,1-4H3/t17-,26+,27+,30-,32+,33+,35+,36-,37-,38+,39+,42+,43+,44-,45-/m0/s1. The number of hydrogen-bond acceptors (Lipinski definition) is 24. The van der Waals surface area contributed by atoms with Crippen LogP contribution in [0.25, 0.3) is 28.4 Å². The molecule has 4 aromatic rings. The SMILES string of the molecule is COc1cc(O)c2c(=O)c(O[C@@H]3O[C@H](CO[C@@H]4O[C@@H](C)[C@H](O)[C@@H](O)[C@H]4O)[C@@H](O)[C@H](O)[C@H]3O[C@@H]3O[C@H](COC(=O)C=Cc4cc(OC)c(O)c(OC)c4)[C@@H](O)[C@H](O)[C@H]3O)c(-c3ccc(O)cc3)oc2c1. The van der Waals surface area contributed by atoms with Crippen LogP contribution in [0, 0.1) is 0 Å². The number of ether oxygens (including phenoxy) is 10. The molecular weight excluding hydrogens is 924 g/mol. The van der Waals surface area contributed by atoms with Gasteiger partial charge in [-0.1, -0.05) is 0 Å². The topological polar surface area (TPSA) is 362 Å². The predicted octanol–water partition coefficient (Wildman–Crippen LogP) is -1.28. The zero-order valence-electron chi connectivity index (χ0n) is 37.1. The van der Waals surface area contributed by atoms with Crippen molar-refractivity contribution in [3.05, 3.63) is 70.4 Å². The van der Waals surface area contributed by atoms with Crippen LogP contribution in [0.3, 0.4) is 0 Å². The first kappa shape index (κ1) is 51.0. The van der Waals surface area contributed by atoms with Gasteiger partial charge < -0.3 is 108 Å². The summed E-state index contributed by atoms with van der Waals surface area (Å²) in [4.78, 5) is 27.2. The van der Waals surface area contributed by atoms with Gasteiger partial charge in [0.15, 0.2) is 35.9 Å². The summed E-state index contributed by atoms with van der Waals surface area (Å²) >= 11 is 0. The van der Waals surface area contributed by atoms with Gasteiger partial charge >= 0.3 is 5.97 Å². The highest BCUT2D eigenvalue weighted by Crippen LogP contribution is 2.40. The average Bonchev–Trinajstić information content (AvgIpc) is 3.33. The van der Waals surface area contributed by atoms with Gasteiger partial charge in [-0.25, -0.2) is 4.79 Å². The molecule has 0 spiro atoms. The van der Waals surface area contributed by atoms with E-state index in [9.17, 15) is 65.8 Å². The molecule has 15 atom stereocenters. The molecule has 3 aromatic carbocycles. The lowest BCUT2D eigenvalue weighted by atomic mass is 9.97. The molecule has 0 amide bonds. The van der Waals surface area contributed by atoms with Gasteiger partial charge in [0.05, 0.1) is 34.0 Å². The minimum absolute atomic E-state index is 0.0434. The van der Waals surface area contributed by atoms with E-state index in [1.807, 2.05) is 0 Å². The fourth-order valence-corrected chi connectivity index (χ4v) is 7.73. The summed E-state index contributed by atoms with van der Waals surface area (Å²) < 4.78 is 61.9. The van der Waals surface area contributed by atoms with Crippen LogP contribution in [-0.4, -0.2) is 189 Å². The maximum Gasteiger partial charge on any atom is 0.330 e. The average molecular weight is 977 g/mol. The molecule has 0 bridgehead atoms. The molecule has 3 aliphatic rings. The van der Waals surface area contributed by atoms with Crippen molar-refractivity contribution in [3.63, 3.8) is 0 Å².